The topological polar surface area (TPSA) is 511 Å². The Kier molecular flexibility index (Phi) is 29.0. The molecule has 1 heterocycles. The highest BCUT2D eigenvalue weighted by atomic mass is 16.4. The molecule has 0 radical (unpaired) electrons. The van der Waals surface area contributed by atoms with Gasteiger partial charge in [0.15, 0.2) is 0 Å². The number of nitrogens with one attached hydrogen (secondary N) is 11. The van der Waals surface area contributed by atoms with Crippen molar-refractivity contribution < 1.29 is 68.1 Å². The molecular weight excluding hydrogens is 1010 g/mol. The maximum absolute atomic E-state index is 14.4. The molecule has 1 saturated heterocycles. The van der Waals surface area contributed by atoms with Crippen LogP contribution < -0.4 is 87.2 Å². The summed E-state index contributed by atoms with van der Waals surface area (Å²) in [6.07, 6.45) is -6.28. The quantitative estimate of drug-likeness (QED) is 0.0513. The second-order valence-electron chi connectivity index (χ2n) is 18.8. The van der Waals surface area contributed by atoms with Gasteiger partial charge in [0.25, 0.3) is 0 Å². The van der Waals surface area contributed by atoms with Crippen LogP contribution in [0.15, 0.2) is 30.3 Å². The Labute approximate surface area is 445 Å². The van der Waals surface area contributed by atoms with E-state index in [2.05, 4.69) is 53.2 Å². The number of amides is 11. The van der Waals surface area contributed by atoms with Gasteiger partial charge in [-0.3, -0.25) is 47.9 Å². The maximum atomic E-state index is 14.4. The van der Waals surface area contributed by atoms with Crippen LogP contribution in [0.4, 0.5) is 4.79 Å². The Bertz CT molecular complexity index is 2160. The van der Waals surface area contributed by atoms with Crippen molar-refractivity contribution in [1.29, 1.82) is 0 Å². The standard InChI is InChI=1S/C47H80N16O14/c1-23(2)20-32-42(71)56-27(10-15-48)37(66)55-30(13-18-51)41(70)62-35(24(3)64)45(74)53-19-14-31(40(69)54-28(11-16-49)39(68)60-33(43(72)59-32)21-26-8-6-5-7-9-26)57-38(67)29(12-17-50)58-46(75)36(25(4)65)63-44(73)34(22-52)61-47(76)77/h5-9,23-25,27-36,61,64-65H,10-22,48-52H2,1-4H3,(H,53,74)(H,54,69)(H,55,66)(H,56,71)(H,57,67)(H,58,75)(H,59,72)(H,60,68)(H,62,70)(H,63,73)(H,76,77)/t24-,25-,27+,28+,29+,30+,31+,32+,33-,34+,35+,36+/m1/s1. The van der Waals surface area contributed by atoms with Crippen molar-refractivity contribution in [2.24, 2.45) is 34.6 Å². The largest absolute Gasteiger partial charge is 0.465 e. The zero-order valence-electron chi connectivity index (χ0n) is 43.8. The summed E-state index contributed by atoms with van der Waals surface area (Å²) in [5.74, 6) is -10.0. The van der Waals surface area contributed by atoms with Gasteiger partial charge in [-0.05, 0) is 90.0 Å². The minimum absolute atomic E-state index is 0.0373. The van der Waals surface area contributed by atoms with Gasteiger partial charge in [0, 0.05) is 19.5 Å². The first-order chi connectivity index (χ1) is 36.4. The van der Waals surface area contributed by atoms with Gasteiger partial charge in [-0.15, -0.1) is 0 Å². The number of hydrogen-bond acceptors (Lipinski definition) is 18. The van der Waals surface area contributed by atoms with Crippen molar-refractivity contribution in [3.8, 4) is 0 Å². The van der Waals surface area contributed by atoms with Crippen LogP contribution in [-0.4, -0.2) is 192 Å². The number of aliphatic hydroxyl groups excluding tert-OH is 2. The van der Waals surface area contributed by atoms with Gasteiger partial charge >= 0.3 is 6.09 Å². The van der Waals surface area contributed by atoms with Crippen molar-refractivity contribution in [3.63, 3.8) is 0 Å². The number of aliphatic hydroxyl groups is 2. The summed E-state index contributed by atoms with van der Waals surface area (Å²) in [5, 5.41) is 56.9. The molecule has 12 atom stereocenters. The lowest BCUT2D eigenvalue weighted by Crippen LogP contribution is -2.62. The lowest BCUT2D eigenvalue weighted by molar-refractivity contribution is -0.136. The highest BCUT2D eigenvalue weighted by molar-refractivity contribution is 5.99. The minimum Gasteiger partial charge on any atom is -0.465 e. The summed E-state index contributed by atoms with van der Waals surface area (Å²) in [7, 11) is 0. The fourth-order valence-electron chi connectivity index (χ4n) is 7.82. The van der Waals surface area contributed by atoms with E-state index in [4.69, 9.17) is 33.8 Å². The second-order valence-corrected chi connectivity index (χ2v) is 18.8. The van der Waals surface area contributed by atoms with Crippen molar-refractivity contribution in [2.45, 2.75) is 145 Å². The van der Waals surface area contributed by atoms with Crippen LogP contribution >= 0.6 is 0 Å². The third kappa shape index (κ3) is 22.6. The lowest BCUT2D eigenvalue weighted by atomic mass is 10.00. The molecule has 0 aliphatic carbocycles. The summed E-state index contributed by atoms with van der Waals surface area (Å²) in [6, 6.07) is -6.87. The first-order valence-corrected chi connectivity index (χ1v) is 25.3. The number of benzene rings is 1. The average molecular weight is 1090 g/mol. The van der Waals surface area contributed by atoms with Gasteiger partial charge in [-0.25, -0.2) is 4.79 Å². The molecule has 1 fully saturated rings. The fourth-order valence-corrected chi connectivity index (χ4v) is 7.82. The molecular formula is C47H80N16O14. The summed E-state index contributed by atoms with van der Waals surface area (Å²) in [4.78, 5) is 150. The van der Waals surface area contributed by atoms with Gasteiger partial charge < -0.3 is 102 Å². The first kappa shape index (κ1) is 66.0. The molecule has 0 spiro atoms. The molecule has 24 N–H and O–H groups in total. The Morgan fingerprint density at radius 1 is 0.584 bits per heavy atom. The molecule has 0 unspecified atom stereocenters. The lowest BCUT2D eigenvalue weighted by Gasteiger charge is -2.29. The number of carbonyl (C=O) groups excluding carboxylic acids is 10. The number of rotatable bonds is 22. The zero-order valence-corrected chi connectivity index (χ0v) is 43.8. The molecule has 1 aromatic carbocycles. The number of hydrogen-bond donors (Lipinski definition) is 19. The van der Waals surface area contributed by atoms with E-state index in [0.717, 1.165) is 6.92 Å². The third-order valence-corrected chi connectivity index (χ3v) is 11.9. The Balaban J connectivity index is 2.74. The third-order valence-electron chi connectivity index (χ3n) is 11.9. The molecule has 11 amide bonds. The van der Waals surface area contributed by atoms with E-state index < -0.39 is 157 Å². The van der Waals surface area contributed by atoms with Gasteiger partial charge in [0.05, 0.1) is 12.2 Å². The second kappa shape index (κ2) is 33.8. The molecule has 1 aliphatic heterocycles. The Morgan fingerprint density at radius 3 is 1.56 bits per heavy atom. The van der Waals surface area contributed by atoms with Gasteiger partial charge in [0.1, 0.15) is 60.4 Å². The monoisotopic (exact) mass is 1090 g/mol. The van der Waals surface area contributed by atoms with Crippen molar-refractivity contribution in [3.05, 3.63) is 35.9 Å². The summed E-state index contributed by atoms with van der Waals surface area (Å²) < 4.78 is 0. The normalized spacial score (nSPS) is 23.6. The maximum Gasteiger partial charge on any atom is 0.405 e. The molecule has 1 aromatic rings. The minimum atomic E-state index is -1.79. The van der Waals surface area contributed by atoms with Crippen LogP contribution in [0.2, 0.25) is 0 Å². The Hall–Kier alpha value is -7.09. The number of carboxylic acid groups (broad SMARTS) is 1. The average Bonchev–Trinajstić information content (AvgIpc) is 3.36. The van der Waals surface area contributed by atoms with Crippen LogP contribution in [0.25, 0.3) is 0 Å². The van der Waals surface area contributed by atoms with Crippen LogP contribution in [0.3, 0.4) is 0 Å². The van der Waals surface area contributed by atoms with Crippen LogP contribution in [0, 0.1) is 5.92 Å². The highest BCUT2D eigenvalue weighted by Gasteiger charge is 2.37. The molecule has 1 aliphatic rings. The number of nitrogens with two attached hydrogens (primary N) is 5. The summed E-state index contributed by atoms with van der Waals surface area (Å²) in [6.45, 7) is 4.09. The van der Waals surface area contributed by atoms with E-state index >= 15 is 0 Å². The van der Waals surface area contributed by atoms with E-state index in [-0.39, 0.29) is 70.6 Å². The van der Waals surface area contributed by atoms with Crippen LogP contribution in [0.1, 0.15) is 71.8 Å². The zero-order chi connectivity index (χ0) is 57.9. The van der Waals surface area contributed by atoms with E-state index in [1.807, 2.05) is 5.32 Å². The highest BCUT2D eigenvalue weighted by Crippen LogP contribution is 2.11. The van der Waals surface area contributed by atoms with Crippen molar-refractivity contribution >= 4 is 65.2 Å². The van der Waals surface area contributed by atoms with Gasteiger partial charge in [-0.2, -0.15) is 0 Å². The molecule has 77 heavy (non-hydrogen) atoms. The summed E-state index contributed by atoms with van der Waals surface area (Å²) >= 11 is 0. The molecule has 30 nitrogen and oxygen atoms in total. The smallest absolute Gasteiger partial charge is 0.405 e. The van der Waals surface area contributed by atoms with E-state index in [9.17, 15) is 63.0 Å². The summed E-state index contributed by atoms with van der Waals surface area (Å²) in [5.41, 5.74) is 29.4. The molecule has 2 rings (SSSR count). The SMILES string of the molecule is CC(C)C[C@@H]1NC(=O)[C@@H](Cc2ccccc2)NC(=O)[C@H](CCN)NC(=O)[C@@H](NC(=O)[C@H](CCN)NC(=O)[C@@H](NC(=O)[C@H](CN)NC(=O)O)[C@@H](C)O)CCNC(=O)[C@H]([C@@H](C)O)NC(=O)[C@H](CCN)NC(=O)[C@H](CCN)NC1=O. The molecule has 30 heteroatoms. The van der Waals surface area contributed by atoms with E-state index in [1.54, 1.807) is 44.2 Å². The van der Waals surface area contributed by atoms with E-state index in [1.165, 1.54) is 6.92 Å². The van der Waals surface area contributed by atoms with Crippen LogP contribution in [-0.2, 0) is 54.4 Å². The van der Waals surface area contributed by atoms with E-state index in [0.29, 0.717) is 5.56 Å². The van der Waals surface area contributed by atoms with Crippen LogP contribution in [0.5, 0.6) is 0 Å². The fraction of sp³-hybridized carbons (Fsp3) is 0.638. The Morgan fingerprint density at radius 2 is 1.08 bits per heavy atom. The van der Waals surface area contributed by atoms with Gasteiger partial charge in [0.2, 0.25) is 59.1 Å². The molecule has 0 aromatic heterocycles. The van der Waals surface area contributed by atoms with Crippen molar-refractivity contribution in [1.82, 2.24) is 58.5 Å². The predicted molar refractivity (Wildman–Crippen MR) is 277 cm³/mol. The molecule has 432 valence electrons. The molecule has 0 saturated carbocycles. The van der Waals surface area contributed by atoms with Gasteiger partial charge in [-0.1, -0.05) is 44.2 Å². The van der Waals surface area contributed by atoms with Crippen molar-refractivity contribution in [2.75, 3.05) is 39.3 Å². The first-order valence-electron chi connectivity index (χ1n) is 25.3. The molecule has 0 bridgehead atoms. The number of carbonyl (C=O) groups is 11. The predicted octanol–water partition coefficient (Wildman–Crippen LogP) is -8.09.